The first-order chi connectivity index (χ1) is 7.88. The molecule has 0 atom stereocenters. The van der Waals surface area contributed by atoms with Gasteiger partial charge >= 0.3 is 0 Å². The summed E-state index contributed by atoms with van der Waals surface area (Å²) in [5.41, 5.74) is 2.38. The maximum Gasteiger partial charge on any atom is 0.208 e. The zero-order valence-corrected chi connectivity index (χ0v) is 12.4. The van der Waals surface area contributed by atoms with E-state index in [1.165, 1.54) is 11.1 Å². The molecule has 2 N–H and O–H groups in total. The van der Waals surface area contributed by atoms with E-state index in [4.69, 9.17) is 0 Å². The van der Waals surface area contributed by atoms with Gasteiger partial charge < -0.3 is 5.32 Å². The van der Waals surface area contributed by atoms with Gasteiger partial charge in [0.05, 0.1) is 6.26 Å². The summed E-state index contributed by atoms with van der Waals surface area (Å²) in [4.78, 5) is 0. The van der Waals surface area contributed by atoms with E-state index in [0.29, 0.717) is 13.1 Å². The number of rotatable bonds is 6. The van der Waals surface area contributed by atoms with E-state index >= 15 is 0 Å². The minimum atomic E-state index is -3.08. The van der Waals surface area contributed by atoms with Crippen molar-refractivity contribution in [2.24, 2.45) is 0 Å². The summed E-state index contributed by atoms with van der Waals surface area (Å²) in [5.74, 6) is 0. The fourth-order valence-electron chi connectivity index (χ4n) is 1.37. The van der Waals surface area contributed by atoms with Crippen LogP contribution in [0.4, 0.5) is 0 Å². The van der Waals surface area contributed by atoms with E-state index in [0.717, 1.165) is 17.3 Å². The van der Waals surface area contributed by atoms with Crippen LogP contribution in [0.2, 0.25) is 0 Å². The SMILES string of the molecule is Cc1cc(CNCCNS(C)(=O)=O)ccc1Br. The molecule has 4 nitrogen and oxygen atoms in total. The summed E-state index contributed by atoms with van der Waals surface area (Å²) >= 11 is 3.45. The Morgan fingerprint density at radius 2 is 2.00 bits per heavy atom. The van der Waals surface area contributed by atoms with Crippen molar-refractivity contribution in [3.8, 4) is 0 Å². The van der Waals surface area contributed by atoms with Crippen molar-refractivity contribution >= 4 is 26.0 Å². The number of halogens is 1. The molecule has 0 aliphatic heterocycles. The average Bonchev–Trinajstić information content (AvgIpc) is 2.21. The molecule has 6 heteroatoms. The maximum atomic E-state index is 10.8. The van der Waals surface area contributed by atoms with Gasteiger partial charge in [-0.2, -0.15) is 0 Å². The Morgan fingerprint density at radius 3 is 2.59 bits per heavy atom. The highest BCUT2D eigenvalue weighted by molar-refractivity contribution is 9.10. The standard InChI is InChI=1S/C11H17BrN2O2S/c1-9-7-10(3-4-11(9)12)8-13-5-6-14-17(2,15)16/h3-4,7,13-14H,5-6,8H2,1-2H3. The van der Waals surface area contributed by atoms with Crippen LogP contribution >= 0.6 is 15.9 Å². The number of aryl methyl sites for hydroxylation is 1. The molecular formula is C11H17BrN2O2S. The number of hydrogen-bond acceptors (Lipinski definition) is 3. The van der Waals surface area contributed by atoms with Crippen molar-refractivity contribution in [3.63, 3.8) is 0 Å². The van der Waals surface area contributed by atoms with Crippen LogP contribution in [0.5, 0.6) is 0 Å². The Labute approximate surface area is 111 Å². The topological polar surface area (TPSA) is 58.2 Å². The Balaban J connectivity index is 2.29. The third-order valence-electron chi connectivity index (χ3n) is 2.22. The van der Waals surface area contributed by atoms with E-state index < -0.39 is 10.0 Å². The molecule has 0 spiro atoms. The van der Waals surface area contributed by atoms with Crippen LogP contribution in [0.25, 0.3) is 0 Å². The van der Waals surface area contributed by atoms with E-state index in [1.54, 1.807) is 0 Å². The van der Waals surface area contributed by atoms with E-state index in [9.17, 15) is 8.42 Å². The van der Waals surface area contributed by atoms with Crippen LogP contribution in [0.3, 0.4) is 0 Å². The first kappa shape index (κ1) is 14.6. The second kappa shape index (κ2) is 6.49. The summed E-state index contributed by atoms with van der Waals surface area (Å²) in [6, 6.07) is 6.15. The second-order valence-corrected chi connectivity index (χ2v) is 6.61. The van der Waals surface area contributed by atoms with Gasteiger partial charge in [-0.25, -0.2) is 13.1 Å². The summed E-state index contributed by atoms with van der Waals surface area (Å²) in [5, 5.41) is 3.18. The number of hydrogen-bond donors (Lipinski definition) is 2. The molecular weight excluding hydrogens is 304 g/mol. The Morgan fingerprint density at radius 1 is 1.29 bits per heavy atom. The summed E-state index contributed by atoms with van der Waals surface area (Å²) in [6.45, 7) is 3.80. The lowest BCUT2D eigenvalue weighted by atomic mass is 10.1. The number of sulfonamides is 1. The normalized spacial score (nSPS) is 11.7. The number of benzene rings is 1. The summed E-state index contributed by atoms with van der Waals surface area (Å²) < 4.78 is 25.1. The highest BCUT2D eigenvalue weighted by Crippen LogP contribution is 2.16. The smallest absolute Gasteiger partial charge is 0.208 e. The van der Waals surface area contributed by atoms with Crippen LogP contribution < -0.4 is 10.0 Å². The molecule has 96 valence electrons. The molecule has 0 heterocycles. The van der Waals surface area contributed by atoms with Crippen LogP contribution in [0.1, 0.15) is 11.1 Å². The molecule has 0 bridgehead atoms. The predicted molar refractivity (Wildman–Crippen MR) is 73.4 cm³/mol. The molecule has 0 radical (unpaired) electrons. The van der Waals surface area contributed by atoms with E-state index in [1.807, 2.05) is 19.1 Å². The van der Waals surface area contributed by atoms with Crippen molar-refractivity contribution in [2.75, 3.05) is 19.3 Å². The Kier molecular flexibility index (Phi) is 5.58. The fourth-order valence-corrected chi connectivity index (χ4v) is 2.09. The molecule has 0 aromatic heterocycles. The van der Waals surface area contributed by atoms with Gasteiger partial charge in [-0.3, -0.25) is 0 Å². The van der Waals surface area contributed by atoms with Gasteiger partial charge in [0.2, 0.25) is 10.0 Å². The molecule has 17 heavy (non-hydrogen) atoms. The lowest BCUT2D eigenvalue weighted by molar-refractivity contribution is 0.582. The average molecular weight is 321 g/mol. The van der Waals surface area contributed by atoms with Gasteiger partial charge in [-0.05, 0) is 24.1 Å². The van der Waals surface area contributed by atoms with Crippen LogP contribution in [-0.2, 0) is 16.6 Å². The van der Waals surface area contributed by atoms with Crippen LogP contribution in [0, 0.1) is 6.92 Å². The molecule has 0 aliphatic carbocycles. The van der Waals surface area contributed by atoms with Crippen molar-refractivity contribution in [1.29, 1.82) is 0 Å². The van der Waals surface area contributed by atoms with Crippen LogP contribution in [-0.4, -0.2) is 27.8 Å². The quantitative estimate of drug-likeness (QED) is 0.779. The minimum Gasteiger partial charge on any atom is -0.311 e. The first-order valence-corrected chi connectivity index (χ1v) is 7.97. The molecule has 1 aromatic rings. The van der Waals surface area contributed by atoms with E-state index in [-0.39, 0.29) is 0 Å². The van der Waals surface area contributed by atoms with Gasteiger partial charge in [0, 0.05) is 24.1 Å². The highest BCUT2D eigenvalue weighted by atomic mass is 79.9. The second-order valence-electron chi connectivity index (χ2n) is 3.93. The van der Waals surface area contributed by atoms with Gasteiger partial charge in [0.15, 0.2) is 0 Å². The first-order valence-electron chi connectivity index (χ1n) is 5.29. The van der Waals surface area contributed by atoms with Gasteiger partial charge in [0.1, 0.15) is 0 Å². The number of nitrogens with one attached hydrogen (secondary N) is 2. The zero-order valence-electron chi connectivity index (χ0n) is 9.96. The zero-order chi connectivity index (χ0) is 12.9. The fraction of sp³-hybridized carbons (Fsp3) is 0.455. The molecule has 1 rings (SSSR count). The minimum absolute atomic E-state index is 0.411. The molecule has 1 aromatic carbocycles. The van der Waals surface area contributed by atoms with Crippen LogP contribution in [0.15, 0.2) is 22.7 Å². The molecule has 0 saturated heterocycles. The highest BCUT2D eigenvalue weighted by Gasteiger charge is 1.99. The van der Waals surface area contributed by atoms with Crippen molar-refractivity contribution in [1.82, 2.24) is 10.0 Å². The summed E-state index contributed by atoms with van der Waals surface area (Å²) in [6.07, 6.45) is 1.16. The van der Waals surface area contributed by atoms with Crippen molar-refractivity contribution in [2.45, 2.75) is 13.5 Å². The molecule has 0 fully saturated rings. The van der Waals surface area contributed by atoms with Gasteiger partial charge in [-0.15, -0.1) is 0 Å². The molecule has 0 unspecified atom stereocenters. The Hall–Kier alpha value is -0.430. The lowest BCUT2D eigenvalue weighted by Gasteiger charge is -2.07. The monoisotopic (exact) mass is 320 g/mol. The largest absolute Gasteiger partial charge is 0.311 e. The van der Waals surface area contributed by atoms with E-state index in [2.05, 4.69) is 32.0 Å². The molecule has 0 amide bonds. The maximum absolute atomic E-state index is 10.8. The summed E-state index contributed by atoms with van der Waals surface area (Å²) in [7, 11) is -3.08. The Bertz CT molecular complexity index is 474. The van der Waals surface area contributed by atoms with Crippen molar-refractivity contribution in [3.05, 3.63) is 33.8 Å². The third kappa shape index (κ3) is 6.16. The molecule has 0 saturated carbocycles. The van der Waals surface area contributed by atoms with Gasteiger partial charge in [0.25, 0.3) is 0 Å². The van der Waals surface area contributed by atoms with Gasteiger partial charge in [-0.1, -0.05) is 28.1 Å². The predicted octanol–water partition coefficient (Wildman–Crippen LogP) is 1.40. The van der Waals surface area contributed by atoms with Crippen molar-refractivity contribution < 1.29 is 8.42 Å². The molecule has 0 aliphatic rings. The third-order valence-corrected chi connectivity index (χ3v) is 3.84. The lowest BCUT2D eigenvalue weighted by Crippen LogP contribution is -2.30.